The van der Waals surface area contributed by atoms with Crippen molar-refractivity contribution in [3.05, 3.63) is 36.1 Å². The van der Waals surface area contributed by atoms with Gasteiger partial charge in [-0.2, -0.15) is 0 Å². The molecule has 0 saturated carbocycles. The number of para-hydroxylation sites is 1. The van der Waals surface area contributed by atoms with Gasteiger partial charge in [0.1, 0.15) is 11.3 Å². The highest BCUT2D eigenvalue weighted by molar-refractivity contribution is 5.85. The molecule has 1 aromatic carbocycles. The smallest absolute Gasteiger partial charge is 0.230 e. The molecule has 0 spiro atoms. The molecule has 0 bridgehead atoms. The molecule has 2 N–H and O–H groups in total. The Morgan fingerprint density at radius 3 is 2.80 bits per heavy atom. The topological polar surface area (TPSA) is 62.5 Å². The first-order chi connectivity index (χ1) is 9.61. The summed E-state index contributed by atoms with van der Waals surface area (Å²) in [5.74, 6) is 0.312. The average Bonchev–Trinajstić information content (AvgIpc) is 2.87. The van der Waals surface area contributed by atoms with Crippen LogP contribution in [0.15, 0.2) is 34.7 Å². The van der Waals surface area contributed by atoms with Crippen molar-refractivity contribution >= 4 is 16.9 Å². The number of carbonyl (C=O) groups excluding carboxylic acids is 1. The second kappa shape index (κ2) is 6.57. The van der Waals surface area contributed by atoms with Crippen LogP contribution in [0.2, 0.25) is 0 Å². The number of aliphatic hydroxyl groups excluding tert-OH is 1. The van der Waals surface area contributed by atoms with E-state index in [0.29, 0.717) is 12.2 Å². The van der Waals surface area contributed by atoms with E-state index in [4.69, 9.17) is 9.52 Å². The van der Waals surface area contributed by atoms with Crippen molar-refractivity contribution in [2.45, 2.75) is 38.6 Å². The van der Waals surface area contributed by atoms with E-state index in [1.165, 1.54) is 0 Å². The lowest BCUT2D eigenvalue weighted by molar-refractivity contribution is -0.123. The van der Waals surface area contributed by atoms with Crippen molar-refractivity contribution in [3.8, 4) is 0 Å². The number of rotatable bonds is 6. The number of fused-ring (bicyclic) bond motifs is 1. The third kappa shape index (κ3) is 3.39. The SMILES string of the molecule is CC(CCCO)NC(=O)C(C)c1cc2ccccc2o1. The highest BCUT2D eigenvalue weighted by atomic mass is 16.3. The first kappa shape index (κ1) is 14.6. The zero-order valence-electron chi connectivity index (χ0n) is 11.9. The van der Waals surface area contributed by atoms with E-state index in [1.54, 1.807) is 0 Å². The summed E-state index contributed by atoms with van der Waals surface area (Å²) in [6, 6.07) is 9.70. The van der Waals surface area contributed by atoms with E-state index in [9.17, 15) is 4.79 Å². The maximum Gasteiger partial charge on any atom is 0.230 e. The van der Waals surface area contributed by atoms with E-state index < -0.39 is 0 Å². The van der Waals surface area contributed by atoms with Crippen molar-refractivity contribution in [3.63, 3.8) is 0 Å². The summed E-state index contributed by atoms with van der Waals surface area (Å²) < 4.78 is 5.71. The number of benzene rings is 1. The maximum absolute atomic E-state index is 12.2. The van der Waals surface area contributed by atoms with Gasteiger partial charge in [-0.15, -0.1) is 0 Å². The standard InChI is InChI=1S/C16H21NO3/c1-11(6-5-9-18)17-16(19)12(2)15-10-13-7-3-4-8-14(13)20-15/h3-4,7-8,10-12,18H,5-6,9H2,1-2H3,(H,17,19). The van der Waals surface area contributed by atoms with Gasteiger partial charge >= 0.3 is 0 Å². The minimum absolute atomic E-state index is 0.0468. The third-order valence-corrected chi connectivity index (χ3v) is 3.45. The van der Waals surface area contributed by atoms with Gasteiger partial charge in [0.2, 0.25) is 5.91 Å². The van der Waals surface area contributed by atoms with Crippen LogP contribution >= 0.6 is 0 Å². The van der Waals surface area contributed by atoms with Crippen molar-refractivity contribution in [1.29, 1.82) is 0 Å². The quantitative estimate of drug-likeness (QED) is 0.852. The lowest BCUT2D eigenvalue weighted by atomic mass is 10.1. The van der Waals surface area contributed by atoms with Gasteiger partial charge in [0, 0.05) is 18.0 Å². The number of nitrogens with one attached hydrogen (secondary N) is 1. The molecule has 0 fully saturated rings. The summed E-state index contributed by atoms with van der Waals surface area (Å²) in [5, 5.41) is 12.7. The van der Waals surface area contributed by atoms with Crippen molar-refractivity contribution in [2.75, 3.05) is 6.61 Å². The van der Waals surface area contributed by atoms with Crippen LogP contribution < -0.4 is 5.32 Å². The highest BCUT2D eigenvalue weighted by Gasteiger charge is 2.20. The largest absolute Gasteiger partial charge is 0.460 e. The van der Waals surface area contributed by atoms with Gasteiger partial charge in [-0.1, -0.05) is 18.2 Å². The van der Waals surface area contributed by atoms with Crippen LogP contribution in [0.3, 0.4) is 0 Å². The monoisotopic (exact) mass is 275 g/mol. The fourth-order valence-corrected chi connectivity index (χ4v) is 2.18. The highest BCUT2D eigenvalue weighted by Crippen LogP contribution is 2.25. The van der Waals surface area contributed by atoms with Crippen LogP contribution in [0.4, 0.5) is 0 Å². The van der Waals surface area contributed by atoms with Gasteiger partial charge in [-0.25, -0.2) is 0 Å². The van der Waals surface area contributed by atoms with E-state index in [1.807, 2.05) is 44.2 Å². The maximum atomic E-state index is 12.2. The first-order valence-electron chi connectivity index (χ1n) is 7.01. The normalized spacial score (nSPS) is 14.2. The molecule has 20 heavy (non-hydrogen) atoms. The Balaban J connectivity index is 2.02. The predicted octanol–water partition coefficient (Wildman–Crippen LogP) is 2.81. The van der Waals surface area contributed by atoms with Gasteiger partial charge in [-0.05, 0) is 38.8 Å². The molecule has 4 nitrogen and oxygen atoms in total. The zero-order chi connectivity index (χ0) is 14.5. The van der Waals surface area contributed by atoms with Gasteiger partial charge in [0.05, 0.1) is 5.92 Å². The fourth-order valence-electron chi connectivity index (χ4n) is 2.18. The van der Waals surface area contributed by atoms with E-state index in [2.05, 4.69) is 5.32 Å². The molecule has 2 unspecified atom stereocenters. The summed E-state index contributed by atoms with van der Waals surface area (Å²) in [6.45, 7) is 3.93. The molecule has 1 heterocycles. The number of furan rings is 1. The molecule has 0 aliphatic rings. The van der Waals surface area contributed by atoms with Crippen LogP contribution in [0.1, 0.15) is 38.4 Å². The Hall–Kier alpha value is -1.81. The first-order valence-corrected chi connectivity index (χ1v) is 7.01. The van der Waals surface area contributed by atoms with Gasteiger partial charge in [0.25, 0.3) is 0 Å². The fraction of sp³-hybridized carbons (Fsp3) is 0.438. The van der Waals surface area contributed by atoms with E-state index in [0.717, 1.165) is 17.4 Å². The molecule has 2 atom stereocenters. The molecule has 0 aliphatic heterocycles. The van der Waals surface area contributed by atoms with E-state index >= 15 is 0 Å². The van der Waals surface area contributed by atoms with Crippen molar-refractivity contribution in [1.82, 2.24) is 5.32 Å². The molecule has 0 aliphatic carbocycles. The number of hydrogen-bond acceptors (Lipinski definition) is 3. The lowest BCUT2D eigenvalue weighted by Gasteiger charge is -2.16. The summed E-state index contributed by atoms with van der Waals surface area (Å²) >= 11 is 0. The Labute approximate surface area is 118 Å². The zero-order valence-corrected chi connectivity index (χ0v) is 11.9. The van der Waals surface area contributed by atoms with Crippen LogP contribution in [0.5, 0.6) is 0 Å². The summed E-state index contributed by atoms with van der Waals surface area (Å²) in [6.07, 6.45) is 1.47. The van der Waals surface area contributed by atoms with Crippen molar-refractivity contribution in [2.24, 2.45) is 0 Å². The molecule has 2 rings (SSSR count). The third-order valence-electron chi connectivity index (χ3n) is 3.45. The van der Waals surface area contributed by atoms with Crippen LogP contribution in [-0.4, -0.2) is 23.7 Å². The molecule has 4 heteroatoms. The number of hydrogen-bond donors (Lipinski definition) is 2. The Kier molecular flexibility index (Phi) is 4.79. The van der Waals surface area contributed by atoms with Gasteiger partial charge in [-0.3, -0.25) is 4.79 Å². The molecule has 1 aromatic heterocycles. The minimum atomic E-state index is -0.320. The van der Waals surface area contributed by atoms with E-state index in [-0.39, 0.29) is 24.5 Å². The second-order valence-electron chi connectivity index (χ2n) is 5.18. The summed E-state index contributed by atoms with van der Waals surface area (Å²) in [7, 11) is 0. The molecular formula is C16H21NO3. The summed E-state index contributed by atoms with van der Waals surface area (Å²) in [5.41, 5.74) is 0.801. The molecule has 0 radical (unpaired) electrons. The molecule has 2 aromatic rings. The Bertz CT molecular complexity index is 543. The Morgan fingerprint density at radius 2 is 2.10 bits per heavy atom. The van der Waals surface area contributed by atoms with Gasteiger partial charge in [0.15, 0.2) is 0 Å². The van der Waals surface area contributed by atoms with Crippen LogP contribution in [0, 0.1) is 0 Å². The van der Waals surface area contributed by atoms with Crippen LogP contribution in [-0.2, 0) is 4.79 Å². The summed E-state index contributed by atoms with van der Waals surface area (Å²) in [4.78, 5) is 12.2. The molecule has 0 saturated heterocycles. The molecule has 108 valence electrons. The minimum Gasteiger partial charge on any atom is -0.460 e. The number of amides is 1. The van der Waals surface area contributed by atoms with Crippen molar-refractivity contribution < 1.29 is 14.3 Å². The van der Waals surface area contributed by atoms with Gasteiger partial charge < -0.3 is 14.8 Å². The number of carbonyl (C=O) groups is 1. The molecule has 1 amide bonds. The number of aliphatic hydroxyl groups is 1. The molecular weight excluding hydrogens is 254 g/mol. The predicted molar refractivity (Wildman–Crippen MR) is 78.6 cm³/mol. The second-order valence-corrected chi connectivity index (χ2v) is 5.18. The Morgan fingerprint density at radius 1 is 1.35 bits per heavy atom. The average molecular weight is 275 g/mol. The van der Waals surface area contributed by atoms with Crippen LogP contribution in [0.25, 0.3) is 11.0 Å². The lowest BCUT2D eigenvalue weighted by Crippen LogP contribution is -2.35.